The van der Waals surface area contributed by atoms with E-state index < -0.39 is 0 Å². The molecule has 0 radical (unpaired) electrons. The number of rotatable bonds is 2. The molecule has 0 spiro atoms. The summed E-state index contributed by atoms with van der Waals surface area (Å²) in [5.74, 6) is 0. The molecule has 0 fully saturated rings. The van der Waals surface area contributed by atoms with Gasteiger partial charge < -0.3 is 0 Å². The van der Waals surface area contributed by atoms with E-state index in [1.807, 2.05) is 25.1 Å². The normalized spacial score (nSPS) is 9.50. The summed E-state index contributed by atoms with van der Waals surface area (Å²) in [6.07, 6.45) is 3.59. The zero-order valence-corrected chi connectivity index (χ0v) is 7.86. The summed E-state index contributed by atoms with van der Waals surface area (Å²) in [7, 11) is 0. The summed E-state index contributed by atoms with van der Waals surface area (Å²) < 4.78 is 0. The number of benzene rings is 1. The smallest absolute Gasteiger partial charge is 0.0481 e. The Bertz CT molecular complexity index is 324. The lowest BCUT2D eigenvalue weighted by Gasteiger charge is -2.06. The molecule has 0 amide bonds. The SMILES string of the molecule is C=Cc1ccc(Cl)c(C=C)c1C. The molecule has 0 heterocycles. The van der Waals surface area contributed by atoms with E-state index >= 15 is 0 Å². The Hall–Kier alpha value is -1.01. The molecule has 1 aromatic carbocycles. The monoisotopic (exact) mass is 178 g/mol. The molecule has 0 nitrogen and oxygen atoms in total. The lowest BCUT2D eigenvalue weighted by molar-refractivity contribution is 1.42. The Morgan fingerprint density at radius 3 is 2.42 bits per heavy atom. The Labute approximate surface area is 78.2 Å². The molecule has 1 rings (SSSR count). The average molecular weight is 179 g/mol. The van der Waals surface area contributed by atoms with Crippen molar-refractivity contribution >= 4 is 23.8 Å². The quantitative estimate of drug-likeness (QED) is 0.644. The molecule has 0 aliphatic carbocycles. The Morgan fingerprint density at radius 2 is 1.92 bits per heavy atom. The van der Waals surface area contributed by atoms with E-state index in [1.54, 1.807) is 6.08 Å². The van der Waals surface area contributed by atoms with Gasteiger partial charge in [-0.2, -0.15) is 0 Å². The lowest BCUT2D eigenvalue weighted by Crippen LogP contribution is -1.86. The maximum Gasteiger partial charge on any atom is 0.0481 e. The van der Waals surface area contributed by atoms with E-state index in [-0.39, 0.29) is 0 Å². The van der Waals surface area contributed by atoms with Crippen LogP contribution in [0.1, 0.15) is 16.7 Å². The molecule has 0 saturated carbocycles. The summed E-state index contributed by atoms with van der Waals surface area (Å²) in [5.41, 5.74) is 3.23. The molecular formula is C11H11Cl. The summed E-state index contributed by atoms with van der Waals surface area (Å²) in [4.78, 5) is 0. The highest BCUT2D eigenvalue weighted by Crippen LogP contribution is 2.24. The fourth-order valence-corrected chi connectivity index (χ4v) is 1.47. The Morgan fingerprint density at radius 1 is 1.25 bits per heavy atom. The third-order valence-corrected chi connectivity index (χ3v) is 2.26. The number of hydrogen-bond acceptors (Lipinski definition) is 0. The van der Waals surface area contributed by atoms with Gasteiger partial charge in [-0.05, 0) is 29.7 Å². The third-order valence-electron chi connectivity index (χ3n) is 1.93. The Balaban J connectivity index is 3.43. The molecule has 0 aliphatic heterocycles. The first kappa shape index (κ1) is 9.08. The van der Waals surface area contributed by atoms with Crippen LogP contribution < -0.4 is 0 Å². The molecule has 1 heteroatoms. The largest absolute Gasteiger partial charge is 0.0985 e. The van der Waals surface area contributed by atoms with Gasteiger partial charge in [0.25, 0.3) is 0 Å². The van der Waals surface area contributed by atoms with Crippen LogP contribution in [0.2, 0.25) is 5.02 Å². The molecular weight excluding hydrogens is 168 g/mol. The zero-order chi connectivity index (χ0) is 9.14. The highest BCUT2D eigenvalue weighted by Gasteiger charge is 2.02. The van der Waals surface area contributed by atoms with Crippen LogP contribution in [0.4, 0.5) is 0 Å². The first-order chi connectivity index (χ1) is 5.70. The molecule has 12 heavy (non-hydrogen) atoms. The van der Waals surface area contributed by atoms with Gasteiger partial charge in [0.05, 0.1) is 0 Å². The molecule has 0 aliphatic rings. The van der Waals surface area contributed by atoms with E-state index in [4.69, 9.17) is 11.6 Å². The predicted molar refractivity (Wildman–Crippen MR) is 56.4 cm³/mol. The minimum absolute atomic E-state index is 0.744. The van der Waals surface area contributed by atoms with E-state index in [2.05, 4.69) is 13.2 Å². The number of hydrogen-bond donors (Lipinski definition) is 0. The minimum atomic E-state index is 0.744. The molecule has 62 valence electrons. The molecule has 0 bridgehead atoms. The molecule has 0 atom stereocenters. The van der Waals surface area contributed by atoms with Gasteiger partial charge in [-0.15, -0.1) is 0 Å². The molecule has 0 unspecified atom stereocenters. The van der Waals surface area contributed by atoms with Crippen molar-refractivity contribution in [3.8, 4) is 0 Å². The minimum Gasteiger partial charge on any atom is -0.0985 e. The van der Waals surface area contributed by atoms with Crippen LogP contribution in [0.25, 0.3) is 12.2 Å². The average Bonchev–Trinajstić information content (AvgIpc) is 2.06. The second-order valence-corrected chi connectivity index (χ2v) is 2.99. The van der Waals surface area contributed by atoms with E-state index in [9.17, 15) is 0 Å². The van der Waals surface area contributed by atoms with Gasteiger partial charge in [-0.1, -0.05) is 43.0 Å². The van der Waals surface area contributed by atoms with E-state index in [0.29, 0.717) is 0 Å². The van der Waals surface area contributed by atoms with Crippen molar-refractivity contribution < 1.29 is 0 Å². The molecule has 0 aromatic heterocycles. The standard InChI is InChI=1S/C11H11Cl/c1-4-9-6-7-11(12)10(5-2)8(9)3/h4-7H,1-2H2,3H3. The van der Waals surface area contributed by atoms with Crippen molar-refractivity contribution in [1.82, 2.24) is 0 Å². The van der Waals surface area contributed by atoms with Gasteiger partial charge in [0, 0.05) is 5.02 Å². The molecule has 1 aromatic rings. The zero-order valence-electron chi connectivity index (χ0n) is 7.10. The van der Waals surface area contributed by atoms with E-state index in [0.717, 1.165) is 21.7 Å². The van der Waals surface area contributed by atoms with Crippen LogP contribution in [0.5, 0.6) is 0 Å². The fraction of sp³-hybridized carbons (Fsp3) is 0.0909. The van der Waals surface area contributed by atoms with Gasteiger partial charge in [-0.3, -0.25) is 0 Å². The summed E-state index contributed by atoms with van der Waals surface area (Å²) in [6, 6.07) is 3.82. The summed E-state index contributed by atoms with van der Waals surface area (Å²) >= 11 is 5.95. The summed E-state index contributed by atoms with van der Waals surface area (Å²) in [5, 5.41) is 0.744. The predicted octanol–water partition coefficient (Wildman–Crippen LogP) is 3.93. The highest BCUT2D eigenvalue weighted by atomic mass is 35.5. The van der Waals surface area contributed by atoms with Crippen molar-refractivity contribution in [2.75, 3.05) is 0 Å². The Kier molecular flexibility index (Phi) is 2.72. The van der Waals surface area contributed by atoms with Crippen molar-refractivity contribution in [2.45, 2.75) is 6.92 Å². The van der Waals surface area contributed by atoms with Crippen LogP contribution in [-0.4, -0.2) is 0 Å². The second kappa shape index (κ2) is 3.59. The van der Waals surface area contributed by atoms with Crippen LogP contribution in [0, 0.1) is 6.92 Å². The molecule has 0 saturated heterocycles. The van der Waals surface area contributed by atoms with Gasteiger partial charge in [0.1, 0.15) is 0 Å². The van der Waals surface area contributed by atoms with Crippen molar-refractivity contribution in [1.29, 1.82) is 0 Å². The molecule has 0 N–H and O–H groups in total. The third kappa shape index (κ3) is 1.44. The maximum absolute atomic E-state index is 5.95. The van der Waals surface area contributed by atoms with Crippen LogP contribution in [0.3, 0.4) is 0 Å². The van der Waals surface area contributed by atoms with Gasteiger partial charge in [-0.25, -0.2) is 0 Å². The van der Waals surface area contributed by atoms with E-state index in [1.165, 1.54) is 0 Å². The first-order valence-corrected chi connectivity index (χ1v) is 4.12. The van der Waals surface area contributed by atoms with Crippen LogP contribution in [0.15, 0.2) is 25.3 Å². The lowest BCUT2D eigenvalue weighted by atomic mass is 10.0. The number of halogens is 1. The van der Waals surface area contributed by atoms with Crippen molar-refractivity contribution in [3.63, 3.8) is 0 Å². The van der Waals surface area contributed by atoms with Crippen LogP contribution in [-0.2, 0) is 0 Å². The van der Waals surface area contributed by atoms with Gasteiger partial charge in [0.2, 0.25) is 0 Å². The first-order valence-electron chi connectivity index (χ1n) is 3.74. The maximum atomic E-state index is 5.95. The van der Waals surface area contributed by atoms with Gasteiger partial charge >= 0.3 is 0 Å². The van der Waals surface area contributed by atoms with Gasteiger partial charge in [0.15, 0.2) is 0 Å². The summed E-state index contributed by atoms with van der Waals surface area (Å²) in [6.45, 7) is 9.44. The topological polar surface area (TPSA) is 0 Å². The van der Waals surface area contributed by atoms with Crippen molar-refractivity contribution in [3.05, 3.63) is 47.0 Å². The fourth-order valence-electron chi connectivity index (χ4n) is 1.18. The van der Waals surface area contributed by atoms with Crippen LogP contribution >= 0.6 is 11.6 Å². The second-order valence-electron chi connectivity index (χ2n) is 2.58. The van der Waals surface area contributed by atoms with Crippen molar-refractivity contribution in [2.24, 2.45) is 0 Å². The highest BCUT2D eigenvalue weighted by molar-refractivity contribution is 6.32.